The van der Waals surface area contributed by atoms with Crippen molar-refractivity contribution < 1.29 is 13.5 Å². The highest BCUT2D eigenvalue weighted by atomic mass is 32.2. The predicted molar refractivity (Wildman–Crippen MR) is 66.4 cm³/mol. The summed E-state index contributed by atoms with van der Waals surface area (Å²) in [5.41, 5.74) is 4.84. The van der Waals surface area contributed by atoms with Crippen LogP contribution in [-0.2, 0) is 9.84 Å². The van der Waals surface area contributed by atoms with Crippen LogP contribution in [0.15, 0.2) is 0 Å². The third-order valence-corrected chi connectivity index (χ3v) is 5.77. The molecule has 5 nitrogen and oxygen atoms in total. The maximum absolute atomic E-state index is 11.5. The van der Waals surface area contributed by atoms with E-state index >= 15 is 0 Å². The lowest BCUT2D eigenvalue weighted by molar-refractivity contribution is -0.0151. The second kappa shape index (κ2) is 4.50. The van der Waals surface area contributed by atoms with E-state index in [2.05, 4.69) is 4.90 Å². The van der Waals surface area contributed by atoms with Gasteiger partial charge in [-0.3, -0.25) is 4.90 Å². The van der Waals surface area contributed by atoms with Crippen molar-refractivity contribution in [3.63, 3.8) is 0 Å². The summed E-state index contributed by atoms with van der Waals surface area (Å²) in [6.45, 7) is 3.18. The van der Waals surface area contributed by atoms with Gasteiger partial charge >= 0.3 is 0 Å². The minimum atomic E-state index is -2.89. The van der Waals surface area contributed by atoms with Gasteiger partial charge in [0.2, 0.25) is 0 Å². The van der Waals surface area contributed by atoms with Crippen molar-refractivity contribution >= 4 is 9.84 Å². The second-order valence-corrected chi connectivity index (χ2v) is 7.74. The van der Waals surface area contributed by atoms with E-state index in [-0.39, 0.29) is 24.1 Å². The monoisotopic (exact) mass is 262 g/mol. The molecule has 2 unspecified atom stereocenters. The lowest BCUT2D eigenvalue weighted by Gasteiger charge is -2.39. The Hall–Kier alpha value is -0.170. The number of sulfone groups is 1. The summed E-state index contributed by atoms with van der Waals surface area (Å²) in [6.07, 6.45) is 2.07. The van der Waals surface area contributed by atoms with Crippen molar-refractivity contribution in [1.29, 1.82) is 0 Å². The van der Waals surface area contributed by atoms with E-state index in [1.165, 1.54) is 0 Å². The summed E-state index contributed by atoms with van der Waals surface area (Å²) in [6, 6.07) is -0.0226. The average Bonchev–Trinajstić information content (AvgIpc) is 3.05. The molecule has 0 aromatic carbocycles. The van der Waals surface area contributed by atoms with E-state index in [0.717, 1.165) is 12.8 Å². The third-order valence-electron chi connectivity index (χ3n) is 3.98. The van der Waals surface area contributed by atoms with Crippen LogP contribution in [0.5, 0.6) is 0 Å². The normalized spacial score (nSPS) is 33.2. The van der Waals surface area contributed by atoms with Crippen LogP contribution in [0.2, 0.25) is 0 Å². The van der Waals surface area contributed by atoms with Crippen molar-refractivity contribution in [1.82, 2.24) is 4.90 Å². The Morgan fingerprint density at radius 2 is 2.12 bits per heavy atom. The van der Waals surface area contributed by atoms with Crippen molar-refractivity contribution in [2.75, 3.05) is 31.1 Å². The number of aliphatic hydroxyl groups is 1. The van der Waals surface area contributed by atoms with Crippen molar-refractivity contribution in [3.05, 3.63) is 0 Å². The number of nitrogens with zero attached hydrogens (tertiary/aromatic N) is 1. The summed E-state index contributed by atoms with van der Waals surface area (Å²) in [5, 5.41) is 10.4. The topological polar surface area (TPSA) is 83.6 Å². The summed E-state index contributed by atoms with van der Waals surface area (Å²) in [5.74, 6) is 0.694. The highest BCUT2D eigenvalue weighted by Gasteiger charge is 2.45. The zero-order valence-corrected chi connectivity index (χ0v) is 11.1. The van der Waals surface area contributed by atoms with E-state index < -0.39 is 15.4 Å². The molecule has 3 N–H and O–H groups in total. The molecule has 0 bridgehead atoms. The van der Waals surface area contributed by atoms with Crippen LogP contribution in [0.1, 0.15) is 19.8 Å². The summed E-state index contributed by atoms with van der Waals surface area (Å²) < 4.78 is 22.9. The first-order chi connectivity index (χ1) is 7.86. The van der Waals surface area contributed by atoms with Gasteiger partial charge in [-0.1, -0.05) is 0 Å². The Morgan fingerprint density at radius 3 is 2.59 bits per heavy atom. The Bertz CT molecular complexity index is 380. The molecule has 2 atom stereocenters. The van der Waals surface area contributed by atoms with Gasteiger partial charge in [-0.25, -0.2) is 8.42 Å². The fraction of sp³-hybridized carbons (Fsp3) is 1.00. The molecule has 0 aromatic heterocycles. The van der Waals surface area contributed by atoms with E-state index in [1.807, 2.05) is 6.92 Å². The van der Waals surface area contributed by atoms with Crippen molar-refractivity contribution in [3.8, 4) is 0 Å². The lowest BCUT2D eigenvalue weighted by Crippen LogP contribution is -2.56. The average molecular weight is 262 g/mol. The Kier molecular flexibility index (Phi) is 3.51. The van der Waals surface area contributed by atoms with Gasteiger partial charge in [0.25, 0.3) is 0 Å². The molecule has 2 aliphatic rings. The first-order valence-electron chi connectivity index (χ1n) is 6.23. The SMILES string of the molecule is CC1CS(=O)(=O)CCN1CC(O)(CN)C1CC1. The largest absolute Gasteiger partial charge is 0.387 e. The van der Waals surface area contributed by atoms with Crippen molar-refractivity contribution in [2.45, 2.75) is 31.4 Å². The predicted octanol–water partition coefficient (Wildman–Crippen LogP) is -0.795. The quantitative estimate of drug-likeness (QED) is 0.693. The molecule has 100 valence electrons. The number of rotatable bonds is 4. The number of β-amino-alcohol motifs (C(OH)–C–C–N with tert-alkyl or cyclic N) is 1. The molecule has 2 rings (SSSR count). The fourth-order valence-electron chi connectivity index (χ4n) is 2.60. The molecular formula is C11H22N2O3S. The Balaban J connectivity index is 1.99. The summed E-state index contributed by atoms with van der Waals surface area (Å²) >= 11 is 0. The van der Waals surface area contributed by atoms with Gasteiger partial charge in [-0.05, 0) is 25.7 Å². The highest BCUT2D eigenvalue weighted by molar-refractivity contribution is 7.91. The third kappa shape index (κ3) is 2.99. The van der Waals surface area contributed by atoms with Crippen LogP contribution in [0.3, 0.4) is 0 Å². The summed E-state index contributed by atoms with van der Waals surface area (Å²) in [4.78, 5) is 2.06. The van der Waals surface area contributed by atoms with Crippen LogP contribution in [0.4, 0.5) is 0 Å². The molecule has 1 aliphatic heterocycles. The summed E-state index contributed by atoms with van der Waals surface area (Å²) in [7, 11) is -2.89. The van der Waals surface area contributed by atoms with E-state index in [1.54, 1.807) is 0 Å². The van der Waals surface area contributed by atoms with Crippen LogP contribution < -0.4 is 5.73 Å². The van der Waals surface area contributed by atoms with E-state index in [4.69, 9.17) is 5.73 Å². The van der Waals surface area contributed by atoms with Gasteiger partial charge in [0.1, 0.15) is 0 Å². The molecule has 1 saturated carbocycles. The highest BCUT2D eigenvalue weighted by Crippen LogP contribution is 2.40. The minimum Gasteiger partial charge on any atom is -0.387 e. The fourth-order valence-corrected chi connectivity index (χ4v) is 4.23. The number of hydrogen-bond acceptors (Lipinski definition) is 5. The minimum absolute atomic E-state index is 0.0226. The van der Waals surface area contributed by atoms with Crippen LogP contribution >= 0.6 is 0 Å². The molecule has 1 heterocycles. The van der Waals surface area contributed by atoms with Crippen LogP contribution in [0, 0.1) is 5.92 Å². The molecule has 0 spiro atoms. The van der Waals surface area contributed by atoms with Gasteiger partial charge in [0.15, 0.2) is 9.84 Å². The maximum atomic E-state index is 11.5. The Morgan fingerprint density at radius 1 is 1.47 bits per heavy atom. The molecule has 0 aromatic rings. The standard InChI is InChI=1S/C11H22N2O3S/c1-9-6-17(15,16)5-4-13(9)8-11(14,7-12)10-2-3-10/h9-10,14H,2-8,12H2,1H3. The van der Waals surface area contributed by atoms with Gasteiger partial charge < -0.3 is 10.8 Å². The molecule has 1 saturated heterocycles. The zero-order valence-electron chi connectivity index (χ0n) is 10.3. The van der Waals surface area contributed by atoms with E-state index in [9.17, 15) is 13.5 Å². The number of hydrogen-bond donors (Lipinski definition) is 2. The van der Waals surface area contributed by atoms with Crippen LogP contribution in [-0.4, -0.2) is 61.2 Å². The van der Waals surface area contributed by atoms with Gasteiger partial charge in [-0.15, -0.1) is 0 Å². The molecular weight excluding hydrogens is 240 g/mol. The first kappa shape index (κ1) is 13.3. The van der Waals surface area contributed by atoms with Gasteiger partial charge in [0.05, 0.1) is 17.1 Å². The van der Waals surface area contributed by atoms with Gasteiger partial charge in [-0.2, -0.15) is 0 Å². The Labute approximate surface area is 103 Å². The molecule has 2 fully saturated rings. The lowest BCUT2D eigenvalue weighted by atomic mass is 9.96. The second-order valence-electron chi connectivity index (χ2n) is 5.52. The van der Waals surface area contributed by atoms with Crippen LogP contribution in [0.25, 0.3) is 0 Å². The van der Waals surface area contributed by atoms with Gasteiger partial charge in [0, 0.05) is 25.7 Å². The molecule has 0 radical (unpaired) electrons. The van der Waals surface area contributed by atoms with Crippen molar-refractivity contribution in [2.24, 2.45) is 11.7 Å². The molecule has 6 heteroatoms. The number of nitrogens with two attached hydrogens (primary N) is 1. The molecule has 0 amide bonds. The first-order valence-corrected chi connectivity index (χ1v) is 8.05. The smallest absolute Gasteiger partial charge is 0.153 e. The molecule has 17 heavy (non-hydrogen) atoms. The maximum Gasteiger partial charge on any atom is 0.153 e. The zero-order chi connectivity index (χ0) is 12.7. The van der Waals surface area contributed by atoms with E-state index in [0.29, 0.717) is 19.0 Å². The molecule has 1 aliphatic carbocycles.